The smallest absolute Gasteiger partial charge is 0.331 e. The summed E-state index contributed by atoms with van der Waals surface area (Å²) in [6.45, 7) is -0.367. The Bertz CT molecular complexity index is 724. The van der Waals surface area contributed by atoms with E-state index in [2.05, 4.69) is 5.32 Å². The standard InChI is InChI=1S/C18H16ClNO4/c1-23-16-9-2-13(3-10-16)4-11-18(22)24-12-17(21)20-15-7-5-14(19)6-8-15/h2-11H,12H2,1H3,(H,20,21)/b11-4+. The van der Waals surface area contributed by atoms with Gasteiger partial charge in [-0.1, -0.05) is 23.7 Å². The second-order valence-electron chi connectivity index (χ2n) is 4.77. The Morgan fingerprint density at radius 2 is 1.75 bits per heavy atom. The number of nitrogens with one attached hydrogen (secondary N) is 1. The molecule has 2 rings (SSSR count). The molecule has 2 aromatic rings. The Balaban J connectivity index is 1.78. The normalized spacial score (nSPS) is 10.4. The van der Waals surface area contributed by atoms with Crippen molar-refractivity contribution in [2.75, 3.05) is 19.0 Å². The summed E-state index contributed by atoms with van der Waals surface area (Å²) < 4.78 is 9.93. The average Bonchev–Trinajstić information content (AvgIpc) is 2.60. The molecule has 0 saturated carbocycles. The first-order valence-corrected chi connectivity index (χ1v) is 7.49. The van der Waals surface area contributed by atoms with Crippen molar-refractivity contribution < 1.29 is 19.1 Å². The molecule has 0 spiro atoms. The fourth-order valence-corrected chi connectivity index (χ4v) is 1.92. The first-order chi connectivity index (χ1) is 11.6. The molecule has 2 aromatic carbocycles. The van der Waals surface area contributed by atoms with Crippen LogP contribution >= 0.6 is 11.6 Å². The van der Waals surface area contributed by atoms with Crippen molar-refractivity contribution in [3.8, 4) is 5.75 Å². The highest BCUT2D eigenvalue weighted by atomic mass is 35.5. The van der Waals surface area contributed by atoms with Gasteiger partial charge in [0, 0.05) is 16.8 Å². The molecule has 1 N–H and O–H groups in total. The molecule has 0 heterocycles. The van der Waals surface area contributed by atoms with Crippen LogP contribution < -0.4 is 10.1 Å². The zero-order chi connectivity index (χ0) is 17.4. The Labute approximate surface area is 144 Å². The van der Waals surface area contributed by atoms with E-state index in [1.807, 2.05) is 0 Å². The number of halogens is 1. The van der Waals surface area contributed by atoms with Crippen molar-refractivity contribution in [2.24, 2.45) is 0 Å². The molecule has 6 heteroatoms. The summed E-state index contributed by atoms with van der Waals surface area (Å²) in [5, 5.41) is 3.17. The molecular formula is C18H16ClNO4. The lowest BCUT2D eigenvalue weighted by molar-refractivity contribution is -0.142. The lowest BCUT2D eigenvalue weighted by Crippen LogP contribution is -2.20. The molecule has 0 saturated heterocycles. The number of anilines is 1. The summed E-state index contributed by atoms with van der Waals surface area (Å²) in [5.74, 6) is -0.297. The maximum absolute atomic E-state index is 11.7. The quantitative estimate of drug-likeness (QED) is 0.642. The Kier molecular flexibility index (Phi) is 6.40. The Hall–Kier alpha value is -2.79. The minimum Gasteiger partial charge on any atom is -0.497 e. The molecule has 0 aliphatic carbocycles. The van der Waals surface area contributed by atoms with Gasteiger partial charge in [-0.2, -0.15) is 0 Å². The largest absolute Gasteiger partial charge is 0.497 e. The lowest BCUT2D eigenvalue weighted by Gasteiger charge is -2.05. The van der Waals surface area contributed by atoms with Gasteiger partial charge < -0.3 is 14.8 Å². The predicted molar refractivity (Wildman–Crippen MR) is 93.1 cm³/mol. The highest BCUT2D eigenvalue weighted by molar-refractivity contribution is 6.30. The summed E-state index contributed by atoms with van der Waals surface area (Å²) in [4.78, 5) is 23.3. The van der Waals surface area contributed by atoms with E-state index in [0.29, 0.717) is 10.7 Å². The van der Waals surface area contributed by atoms with Crippen molar-refractivity contribution in [1.29, 1.82) is 0 Å². The second kappa shape index (κ2) is 8.74. The van der Waals surface area contributed by atoms with Gasteiger partial charge in [0.25, 0.3) is 5.91 Å². The van der Waals surface area contributed by atoms with E-state index in [-0.39, 0.29) is 6.61 Å². The number of benzene rings is 2. The predicted octanol–water partition coefficient (Wildman–Crippen LogP) is 3.54. The summed E-state index contributed by atoms with van der Waals surface area (Å²) in [6, 6.07) is 13.8. The van der Waals surface area contributed by atoms with Gasteiger partial charge in [0.15, 0.2) is 6.61 Å². The number of hydrogen-bond donors (Lipinski definition) is 1. The number of hydrogen-bond acceptors (Lipinski definition) is 4. The minimum absolute atomic E-state index is 0.367. The first-order valence-electron chi connectivity index (χ1n) is 7.11. The highest BCUT2D eigenvalue weighted by Gasteiger charge is 2.05. The van der Waals surface area contributed by atoms with E-state index in [9.17, 15) is 9.59 Å². The fourth-order valence-electron chi connectivity index (χ4n) is 1.79. The lowest BCUT2D eigenvalue weighted by atomic mass is 10.2. The van der Waals surface area contributed by atoms with E-state index in [0.717, 1.165) is 11.3 Å². The molecule has 0 aliphatic heterocycles. The van der Waals surface area contributed by atoms with E-state index in [1.54, 1.807) is 61.7 Å². The molecular weight excluding hydrogens is 330 g/mol. The third kappa shape index (κ3) is 5.78. The van der Waals surface area contributed by atoms with Crippen molar-refractivity contribution in [2.45, 2.75) is 0 Å². The van der Waals surface area contributed by atoms with Gasteiger partial charge in [-0.15, -0.1) is 0 Å². The van der Waals surface area contributed by atoms with E-state index < -0.39 is 11.9 Å². The van der Waals surface area contributed by atoms with E-state index in [1.165, 1.54) is 6.08 Å². The van der Waals surface area contributed by atoms with Crippen LogP contribution in [0.3, 0.4) is 0 Å². The van der Waals surface area contributed by atoms with Gasteiger partial charge >= 0.3 is 5.97 Å². The van der Waals surface area contributed by atoms with Crippen LogP contribution in [0.5, 0.6) is 5.75 Å². The van der Waals surface area contributed by atoms with E-state index in [4.69, 9.17) is 21.1 Å². The van der Waals surface area contributed by atoms with Gasteiger partial charge in [0.05, 0.1) is 7.11 Å². The van der Waals surface area contributed by atoms with Gasteiger partial charge in [-0.05, 0) is 48.0 Å². The minimum atomic E-state index is -0.600. The van der Waals surface area contributed by atoms with Gasteiger partial charge in [0.1, 0.15) is 5.75 Å². The Morgan fingerprint density at radius 1 is 1.08 bits per heavy atom. The summed E-state index contributed by atoms with van der Waals surface area (Å²) in [7, 11) is 1.58. The maximum atomic E-state index is 11.7. The number of ether oxygens (including phenoxy) is 2. The number of rotatable bonds is 6. The third-order valence-corrected chi connectivity index (χ3v) is 3.25. The van der Waals surface area contributed by atoms with Crippen LogP contribution in [0.2, 0.25) is 5.02 Å². The third-order valence-electron chi connectivity index (χ3n) is 3.00. The summed E-state index contributed by atoms with van der Waals surface area (Å²) >= 11 is 5.76. The van der Waals surface area contributed by atoms with Crippen LogP contribution in [-0.4, -0.2) is 25.6 Å². The monoisotopic (exact) mass is 345 g/mol. The highest BCUT2D eigenvalue weighted by Crippen LogP contribution is 2.13. The molecule has 0 unspecified atom stereocenters. The summed E-state index contributed by atoms with van der Waals surface area (Å²) in [5.41, 5.74) is 1.40. The molecule has 124 valence electrons. The van der Waals surface area contributed by atoms with Crippen LogP contribution in [-0.2, 0) is 14.3 Å². The van der Waals surface area contributed by atoms with Gasteiger partial charge in [-0.3, -0.25) is 4.79 Å². The molecule has 0 bridgehead atoms. The van der Waals surface area contributed by atoms with Crippen LogP contribution in [0.1, 0.15) is 5.56 Å². The zero-order valence-corrected chi connectivity index (χ0v) is 13.7. The van der Waals surface area contributed by atoms with Crippen molar-refractivity contribution >= 4 is 35.2 Å². The second-order valence-corrected chi connectivity index (χ2v) is 5.21. The average molecular weight is 346 g/mol. The number of amides is 1. The number of esters is 1. The van der Waals surface area contributed by atoms with Crippen molar-refractivity contribution in [3.63, 3.8) is 0 Å². The number of carbonyl (C=O) groups excluding carboxylic acids is 2. The Morgan fingerprint density at radius 3 is 2.38 bits per heavy atom. The van der Waals surface area contributed by atoms with Gasteiger partial charge in [-0.25, -0.2) is 4.79 Å². The fraction of sp³-hybridized carbons (Fsp3) is 0.111. The van der Waals surface area contributed by atoms with Crippen LogP contribution in [0.15, 0.2) is 54.6 Å². The molecule has 0 aromatic heterocycles. The van der Waals surface area contributed by atoms with Crippen molar-refractivity contribution in [1.82, 2.24) is 0 Å². The molecule has 0 atom stereocenters. The molecule has 0 aliphatic rings. The molecule has 5 nitrogen and oxygen atoms in total. The number of carbonyl (C=O) groups is 2. The molecule has 0 radical (unpaired) electrons. The molecule has 24 heavy (non-hydrogen) atoms. The van der Waals surface area contributed by atoms with Crippen LogP contribution in [0.4, 0.5) is 5.69 Å². The van der Waals surface area contributed by atoms with Crippen molar-refractivity contribution in [3.05, 3.63) is 65.2 Å². The van der Waals surface area contributed by atoms with Crippen LogP contribution in [0.25, 0.3) is 6.08 Å². The van der Waals surface area contributed by atoms with Crippen LogP contribution in [0, 0.1) is 0 Å². The van der Waals surface area contributed by atoms with E-state index >= 15 is 0 Å². The zero-order valence-electron chi connectivity index (χ0n) is 13.0. The molecule has 0 fully saturated rings. The van der Waals surface area contributed by atoms with Gasteiger partial charge in [0.2, 0.25) is 0 Å². The summed E-state index contributed by atoms with van der Waals surface area (Å²) in [6.07, 6.45) is 2.86. The maximum Gasteiger partial charge on any atom is 0.331 e. The SMILES string of the molecule is COc1ccc(/C=C/C(=O)OCC(=O)Nc2ccc(Cl)cc2)cc1. The molecule has 1 amide bonds. The first kappa shape index (κ1) is 17.6. The topological polar surface area (TPSA) is 64.6 Å². The number of methoxy groups -OCH3 is 1.